The van der Waals surface area contributed by atoms with Gasteiger partial charge in [-0.25, -0.2) is 0 Å². The zero-order chi connectivity index (χ0) is 13.9. The van der Waals surface area contributed by atoms with Gasteiger partial charge in [-0.05, 0) is 37.3 Å². The van der Waals surface area contributed by atoms with Gasteiger partial charge in [0.05, 0.1) is 31.1 Å². The first-order chi connectivity index (χ1) is 9.76. The number of nitrogens with one attached hydrogen (secondary N) is 1. The minimum atomic E-state index is 0.118. The summed E-state index contributed by atoms with van der Waals surface area (Å²) in [6.07, 6.45) is 7.34. The van der Waals surface area contributed by atoms with Gasteiger partial charge in [-0.3, -0.25) is 4.68 Å². The predicted molar refractivity (Wildman–Crippen MR) is 79.8 cm³/mol. The Balaban J connectivity index is 1.79. The third-order valence-electron chi connectivity index (χ3n) is 3.92. The van der Waals surface area contributed by atoms with Crippen molar-refractivity contribution >= 4 is 5.69 Å². The van der Waals surface area contributed by atoms with Crippen molar-refractivity contribution in [1.29, 1.82) is 0 Å². The summed E-state index contributed by atoms with van der Waals surface area (Å²) in [6.45, 7) is 2.81. The fourth-order valence-corrected chi connectivity index (χ4v) is 2.93. The number of nitrogens with zero attached hydrogens (tertiary/aromatic N) is 2. The van der Waals surface area contributed by atoms with Crippen LogP contribution in [0.5, 0.6) is 0 Å². The molecule has 0 amide bonds. The Bertz CT molecular complexity index is 591. The van der Waals surface area contributed by atoms with Crippen LogP contribution in [0.25, 0.3) is 0 Å². The molecular formula is C16H21N3O. The Hall–Kier alpha value is -1.81. The highest BCUT2D eigenvalue weighted by molar-refractivity contribution is 5.45. The molecule has 1 aromatic heterocycles. The molecule has 0 fully saturated rings. The molecule has 106 valence electrons. The average molecular weight is 271 g/mol. The normalized spacial score (nSPS) is 17.8. The van der Waals surface area contributed by atoms with E-state index in [1.54, 1.807) is 4.68 Å². The lowest BCUT2D eigenvalue weighted by atomic mass is 9.86. The molecule has 4 heteroatoms. The van der Waals surface area contributed by atoms with Crippen molar-refractivity contribution in [2.24, 2.45) is 0 Å². The summed E-state index contributed by atoms with van der Waals surface area (Å²) in [5.41, 5.74) is 5.22. The van der Waals surface area contributed by atoms with Crippen molar-refractivity contribution in [2.45, 2.75) is 38.8 Å². The second-order valence-corrected chi connectivity index (χ2v) is 5.51. The molecule has 0 spiro atoms. The monoisotopic (exact) mass is 271 g/mol. The van der Waals surface area contributed by atoms with Crippen LogP contribution in [0, 0.1) is 6.92 Å². The highest BCUT2D eigenvalue weighted by Crippen LogP contribution is 2.32. The lowest BCUT2D eigenvalue weighted by Crippen LogP contribution is -2.17. The molecule has 1 aliphatic carbocycles. The van der Waals surface area contributed by atoms with Crippen LogP contribution in [0.1, 0.15) is 35.6 Å². The van der Waals surface area contributed by atoms with Crippen LogP contribution in [-0.2, 0) is 13.0 Å². The highest BCUT2D eigenvalue weighted by Gasteiger charge is 2.20. The summed E-state index contributed by atoms with van der Waals surface area (Å²) in [6, 6.07) is 7.11. The number of rotatable bonds is 4. The van der Waals surface area contributed by atoms with E-state index in [1.807, 2.05) is 12.4 Å². The van der Waals surface area contributed by atoms with Crippen molar-refractivity contribution in [3.05, 3.63) is 47.3 Å². The van der Waals surface area contributed by atoms with E-state index >= 15 is 0 Å². The lowest BCUT2D eigenvalue weighted by Gasteiger charge is -2.27. The van der Waals surface area contributed by atoms with Crippen LogP contribution < -0.4 is 5.32 Å². The molecule has 0 saturated carbocycles. The highest BCUT2D eigenvalue weighted by atomic mass is 16.3. The van der Waals surface area contributed by atoms with Gasteiger partial charge in [-0.2, -0.15) is 5.10 Å². The third kappa shape index (κ3) is 2.70. The van der Waals surface area contributed by atoms with Crippen molar-refractivity contribution in [1.82, 2.24) is 9.78 Å². The summed E-state index contributed by atoms with van der Waals surface area (Å²) >= 11 is 0. The molecule has 2 aromatic rings. The van der Waals surface area contributed by atoms with Gasteiger partial charge in [-0.15, -0.1) is 0 Å². The average Bonchev–Trinajstić information content (AvgIpc) is 2.87. The first-order valence-corrected chi connectivity index (χ1v) is 7.25. The van der Waals surface area contributed by atoms with Crippen LogP contribution in [-0.4, -0.2) is 21.5 Å². The Morgan fingerprint density at radius 1 is 1.45 bits per heavy atom. The maximum absolute atomic E-state index is 8.93. The Morgan fingerprint density at radius 2 is 2.35 bits per heavy atom. The van der Waals surface area contributed by atoms with Gasteiger partial charge in [0.1, 0.15) is 0 Å². The molecular weight excluding hydrogens is 250 g/mol. The Kier molecular flexibility index (Phi) is 3.74. The number of aliphatic hydroxyl groups is 1. The molecule has 20 heavy (non-hydrogen) atoms. The fraction of sp³-hybridized carbons (Fsp3) is 0.438. The van der Waals surface area contributed by atoms with E-state index in [9.17, 15) is 0 Å². The summed E-state index contributed by atoms with van der Waals surface area (Å²) in [4.78, 5) is 0. The summed E-state index contributed by atoms with van der Waals surface area (Å²) < 4.78 is 1.77. The SMILES string of the molecule is Cc1ccc2c(c1)C(Nc1cnn(CCO)c1)CCC2. The van der Waals surface area contributed by atoms with E-state index < -0.39 is 0 Å². The van der Waals surface area contributed by atoms with E-state index in [0.717, 1.165) is 12.1 Å². The van der Waals surface area contributed by atoms with Crippen molar-refractivity contribution in [3.63, 3.8) is 0 Å². The maximum atomic E-state index is 8.93. The number of aliphatic hydroxyl groups excluding tert-OH is 1. The lowest BCUT2D eigenvalue weighted by molar-refractivity contribution is 0.269. The van der Waals surface area contributed by atoms with E-state index in [1.165, 1.54) is 29.5 Å². The van der Waals surface area contributed by atoms with Crippen molar-refractivity contribution < 1.29 is 5.11 Å². The number of hydrogen-bond donors (Lipinski definition) is 2. The largest absolute Gasteiger partial charge is 0.394 e. The third-order valence-corrected chi connectivity index (χ3v) is 3.92. The smallest absolute Gasteiger partial charge is 0.0731 e. The molecule has 1 aliphatic rings. The minimum Gasteiger partial charge on any atom is -0.394 e. The van der Waals surface area contributed by atoms with Crippen molar-refractivity contribution in [2.75, 3.05) is 11.9 Å². The first-order valence-electron chi connectivity index (χ1n) is 7.25. The van der Waals surface area contributed by atoms with Gasteiger partial charge < -0.3 is 10.4 Å². The second-order valence-electron chi connectivity index (χ2n) is 5.51. The predicted octanol–water partition coefficient (Wildman–Crippen LogP) is 2.67. The summed E-state index contributed by atoms with van der Waals surface area (Å²) in [5.74, 6) is 0. The number of aryl methyl sites for hydroxylation is 2. The standard InChI is InChI=1S/C16H21N3O/c1-12-5-6-13-3-2-4-16(15(13)9-12)18-14-10-17-19(11-14)7-8-20/h5-6,9-11,16,18,20H,2-4,7-8H2,1H3. The van der Waals surface area contributed by atoms with Gasteiger partial charge in [0, 0.05) is 6.20 Å². The first kappa shape index (κ1) is 13.2. The van der Waals surface area contributed by atoms with Crippen LogP contribution in [0.3, 0.4) is 0 Å². The summed E-state index contributed by atoms with van der Waals surface area (Å²) in [5, 5.41) is 16.7. The second kappa shape index (κ2) is 5.67. The van der Waals surface area contributed by atoms with Crippen LogP contribution in [0.4, 0.5) is 5.69 Å². The maximum Gasteiger partial charge on any atom is 0.0731 e. The molecule has 0 saturated heterocycles. The number of fused-ring (bicyclic) bond motifs is 1. The number of hydrogen-bond acceptors (Lipinski definition) is 3. The van der Waals surface area contributed by atoms with E-state index in [2.05, 4.69) is 35.5 Å². The van der Waals surface area contributed by atoms with E-state index in [4.69, 9.17) is 5.11 Å². The zero-order valence-corrected chi connectivity index (χ0v) is 11.8. The number of aromatic nitrogens is 2. The van der Waals surface area contributed by atoms with Crippen molar-refractivity contribution in [3.8, 4) is 0 Å². The van der Waals surface area contributed by atoms with Gasteiger partial charge in [0.15, 0.2) is 0 Å². The molecule has 0 aliphatic heterocycles. The molecule has 3 rings (SSSR count). The van der Waals surface area contributed by atoms with Gasteiger partial charge in [-0.1, -0.05) is 23.8 Å². The van der Waals surface area contributed by atoms with Gasteiger partial charge >= 0.3 is 0 Å². The number of benzene rings is 1. The molecule has 1 atom stereocenters. The molecule has 2 N–H and O–H groups in total. The van der Waals surface area contributed by atoms with E-state index in [0.29, 0.717) is 12.6 Å². The zero-order valence-electron chi connectivity index (χ0n) is 11.8. The van der Waals surface area contributed by atoms with Crippen LogP contribution in [0.15, 0.2) is 30.6 Å². The minimum absolute atomic E-state index is 0.118. The molecule has 0 radical (unpaired) electrons. The molecule has 4 nitrogen and oxygen atoms in total. The van der Waals surface area contributed by atoms with E-state index in [-0.39, 0.29) is 6.61 Å². The fourth-order valence-electron chi connectivity index (χ4n) is 2.93. The quantitative estimate of drug-likeness (QED) is 0.899. The molecule has 0 bridgehead atoms. The molecule has 1 unspecified atom stereocenters. The Morgan fingerprint density at radius 3 is 3.20 bits per heavy atom. The van der Waals surface area contributed by atoms with Crippen LogP contribution >= 0.6 is 0 Å². The molecule has 1 aromatic carbocycles. The van der Waals surface area contributed by atoms with Gasteiger partial charge in [0.2, 0.25) is 0 Å². The van der Waals surface area contributed by atoms with Gasteiger partial charge in [0.25, 0.3) is 0 Å². The molecule has 1 heterocycles. The Labute approximate surface area is 119 Å². The van der Waals surface area contributed by atoms with Crippen LogP contribution in [0.2, 0.25) is 0 Å². The topological polar surface area (TPSA) is 50.1 Å². The number of anilines is 1. The summed E-state index contributed by atoms with van der Waals surface area (Å²) in [7, 11) is 0.